The number of allylic oxidation sites excluding steroid dienone is 1. The summed E-state index contributed by atoms with van der Waals surface area (Å²) < 4.78 is 6.72. The first kappa shape index (κ1) is 13.0. The van der Waals surface area contributed by atoms with Crippen LogP contribution in [0.25, 0.3) is 0 Å². The van der Waals surface area contributed by atoms with Gasteiger partial charge in [0.05, 0.1) is 11.1 Å². The van der Waals surface area contributed by atoms with E-state index in [0.29, 0.717) is 12.5 Å². The van der Waals surface area contributed by atoms with Gasteiger partial charge in [0.2, 0.25) is 0 Å². The van der Waals surface area contributed by atoms with E-state index < -0.39 is 0 Å². The molecule has 0 saturated heterocycles. The fraction of sp³-hybridized carbons (Fsp3) is 0.286. The molecule has 0 unspecified atom stereocenters. The number of halogens is 1. The largest absolute Gasteiger partial charge is 0.492 e. The van der Waals surface area contributed by atoms with Crippen molar-refractivity contribution < 1.29 is 4.74 Å². The van der Waals surface area contributed by atoms with Crippen LogP contribution >= 0.6 is 15.9 Å². The van der Waals surface area contributed by atoms with E-state index in [0.717, 1.165) is 23.1 Å². The summed E-state index contributed by atoms with van der Waals surface area (Å²) in [5.74, 6) is 1.26. The third kappa shape index (κ3) is 4.23. The average Bonchev–Trinajstić information content (AvgIpc) is 2.31. The Morgan fingerprint density at radius 2 is 2.06 bits per heavy atom. The second-order valence-electron chi connectivity index (χ2n) is 3.60. The highest BCUT2D eigenvalue weighted by atomic mass is 79.9. The van der Waals surface area contributed by atoms with Gasteiger partial charge in [0.1, 0.15) is 5.75 Å². The summed E-state index contributed by atoms with van der Waals surface area (Å²) in [6, 6.07) is 7.87. The molecule has 0 radical (unpaired) electrons. The zero-order valence-corrected chi connectivity index (χ0v) is 10.9. The number of rotatable bonds is 7. The van der Waals surface area contributed by atoms with Crippen LogP contribution in [-0.2, 0) is 0 Å². The molecule has 16 heavy (non-hydrogen) atoms. The van der Waals surface area contributed by atoms with E-state index in [1.165, 1.54) is 0 Å². The van der Waals surface area contributed by atoms with Crippen molar-refractivity contribution in [2.24, 2.45) is 5.92 Å². The lowest BCUT2D eigenvalue weighted by atomic mass is 10.0. The van der Waals surface area contributed by atoms with Gasteiger partial charge in [-0.25, -0.2) is 0 Å². The molecule has 1 aromatic rings. The van der Waals surface area contributed by atoms with Crippen LogP contribution < -0.4 is 4.74 Å². The molecule has 1 nitrogen and oxygen atoms in total. The maximum absolute atomic E-state index is 5.73. The van der Waals surface area contributed by atoms with Gasteiger partial charge < -0.3 is 4.74 Å². The normalized spacial score (nSPS) is 11.8. The van der Waals surface area contributed by atoms with E-state index in [1.807, 2.05) is 36.4 Å². The maximum Gasteiger partial charge on any atom is 0.133 e. The summed E-state index contributed by atoms with van der Waals surface area (Å²) >= 11 is 3.45. The van der Waals surface area contributed by atoms with E-state index in [4.69, 9.17) is 4.74 Å². The molecule has 0 saturated carbocycles. The molecule has 1 aromatic carbocycles. The summed E-state index contributed by atoms with van der Waals surface area (Å²) in [7, 11) is 0. The lowest BCUT2D eigenvalue weighted by Crippen LogP contribution is -2.09. The predicted molar refractivity (Wildman–Crippen MR) is 72.8 cm³/mol. The zero-order valence-electron chi connectivity index (χ0n) is 9.36. The lowest BCUT2D eigenvalue weighted by Gasteiger charge is -2.13. The standard InChI is InChI=1S/C14H17BrO/c1-3-5-8-12(4-2)11-16-14-10-7-6-9-13(14)15/h3-4,6-7,9-10,12H,1-2,5,8,11H2/t12-/m1/s1. The van der Waals surface area contributed by atoms with Crippen LogP contribution in [0.2, 0.25) is 0 Å². The summed E-state index contributed by atoms with van der Waals surface area (Å²) in [5, 5.41) is 0. The molecule has 0 amide bonds. The Morgan fingerprint density at radius 1 is 1.31 bits per heavy atom. The van der Waals surface area contributed by atoms with E-state index >= 15 is 0 Å². The van der Waals surface area contributed by atoms with Crippen molar-refractivity contribution in [3.63, 3.8) is 0 Å². The monoisotopic (exact) mass is 280 g/mol. The van der Waals surface area contributed by atoms with Crippen LogP contribution in [-0.4, -0.2) is 6.61 Å². The fourth-order valence-corrected chi connectivity index (χ4v) is 1.76. The minimum atomic E-state index is 0.380. The first-order chi connectivity index (χ1) is 7.77. The molecule has 1 atom stereocenters. The van der Waals surface area contributed by atoms with E-state index in [-0.39, 0.29) is 0 Å². The summed E-state index contributed by atoms with van der Waals surface area (Å²) in [6.07, 6.45) is 5.91. The van der Waals surface area contributed by atoms with E-state index in [2.05, 4.69) is 29.1 Å². The molecule has 2 heteroatoms. The molecule has 0 spiro atoms. The number of hydrogen-bond donors (Lipinski definition) is 0. The Labute approximate surface area is 106 Å². The van der Waals surface area contributed by atoms with Crippen LogP contribution in [0.1, 0.15) is 12.8 Å². The van der Waals surface area contributed by atoms with E-state index in [9.17, 15) is 0 Å². The quantitative estimate of drug-likeness (QED) is 0.664. The minimum absolute atomic E-state index is 0.380. The molecule has 0 aliphatic heterocycles. The lowest BCUT2D eigenvalue weighted by molar-refractivity contribution is 0.268. The molecule has 0 heterocycles. The highest BCUT2D eigenvalue weighted by molar-refractivity contribution is 9.10. The van der Waals surface area contributed by atoms with Gasteiger partial charge in [-0.3, -0.25) is 0 Å². The van der Waals surface area contributed by atoms with Crippen LogP contribution in [0.3, 0.4) is 0 Å². The van der Waals surface area contributed by atoms with Crippen LogP contribution in [0, 0.1) is 5.92 Å². The molecule has 0 N–H and O–H groups in total. The number of para-hydroxylation sites is 1. The minimum Gasteiger partial charge on any atom is -0.492 e. The van der Waals surface area contributed by atoms with Crippen molar-refractivity contribution in [2.75, 3.05) is 6.61 Å². The number of benzene rings is 1. The third-order valence-corrected chi connectivity index (χ3v) is 3.02. The molecule has 0 fully saturated rings. The summed E-state index contributed by atoms with van der Waals surface area (Å²) in [5.41, 5.74) is 0. The number of ether oxygens (including phenoxy) is 1. The van der Waals surface area contributed by atoms with Crippen LogP contribution in [0.4, 0.5) is 0 Å². The van der Waals surface area contributed by atoms with Gasteiger partial charge in [-0.15, -0.1) is 13.2 Å². The molecule has 0 aliphatic rings. The topological polar surface area (TPSA) is 9.23 Å². The van der Waals surface area contributed by atoms with Crippen molar-refractivity contribution in [3.8, 4) is 5.75 Å². The molecular weight excluding hydrogens is 264 g/mol. The van der Waals surface area contributed by atoms with Gasteiger partial charge in [-0.05, 0) is 40.9 Å². The summed E-state index contributed by atoms with van der Waals surface area (Å²) in [6.45, 7) is 8.21. The molecule has 0 aliphatic carbocycles. The maximum atomic E-state index is 5.73. The van der Waals surface area contributed by atoms with Crippen molar-refractivity contribution >= 4 is 15.9 Å². The highest BCUT2D eigenvalue weighted by Gasteiger charge is 2.05. The molecule has 0 aromatic heterocycles. The van der Waals surface area contributed by atoms with Gasteiger partial charge in [0.15, 0.2) is 0 Å². The molecule has 86 valence electrons. The van der Waals surface area contributed by atoms with Crippen molar-refractivity contribution in [3.05, 3.63) is 54.0 Å². The second kappa shape index (κ2) is 7.29. The van der Waals surface area contributed by atoms with Crippen molar-refractivity contribution in [1.82, 2.24) is 0 Å². The Kier molecular flexibility index (Phi) is 5.94. The Morgan fingerprint density at radius 3 is 2.69 bits per heavy atom. The van der Waals surface area contributed by atoms with Crippen molar-refractivity contribution in [1.29, 1.82) is 0 Å². The van der Waals surface area contributed by atoms with Gasteiger partial charge in [-0.2, -0.15) is 0 Å². The van der Waals surface area contributed by atoms with E-state index in [1.54, 1.807) is 0 Å². The van der Waals surface area contributed by atoms with Gasteiger partial charge >= 0.3 is 0 Å². The number of hydrogen-bond acceptors (Lipinski definition) is 1. The predicted octanol–water partition coefficient (Wildman–Crippen LogP) is 4.60. The SMILES string of the molecule is C=CCC[C@@H](C=C)COc1ccccc1Br. The molecule has 1 rings (SSSR count). The first-order valence-electron chi connectivity index (χ1n) is 5.38. The van der Waals surface area contributed by atoms with Gasteiger partial charge in [-0.1, -0.05) is 24.3 Å². The fourth-order valence-electron chi connectivity index (χ4n) is 1.36. The first-order valence-corrected chi connectivity index (χ1v) is 6.18. The molecule has 0 bridgehead atoms. The Bertz CT molecular complexity index is 346. The average molecular weight is 281 g/mol. The summed E-state index contributed by atoms with van der Waals surface area (Å²) in [4.78, 5) is 0. The van der Waals surface area contributed by atoms with Gasteiger partial charge in [0, 0.05) is 5.92 Å². The van der Waals surface area contributed by atoms with Crippen molar-refractivity contribution in [2.45, 2.75) is 12.8 Å². The highest BCUT2D eigenvalue weighted by Crippen LogP contribution is 2.24. The van der Waals surface area contributed by atoms with Crippen LogP contribution in [0.5, 0.6) is 5.75 Å². The second-order valence-corrected chi connectivity index (χ2v) is 4.46. The third-order valence-electron chi connectivity index (χ3n) is 2.36. The van der Waals surface area contributed by atoms with Crippen LogP contribution in [0.15, 0.2) is 54.0 Å². The molecular formula is C14H17BrO. The van der Waals surface area contributed by atoms with Gasteiger partial charge in [0.25, 0.3) is 0 Å². The Balaban J connectivity index is 2.46. The smallest absolute Gasteiger partial charge is 0.133 e. The Hall–Kier alpha value is -1.02. The zero-order chi connectivity index (χ0) is 11.8.